The van der Waals surface area contributed by atoms with Gasteiger partial charge in [0.1, 0.15) is 5.52 Å². The molecule has 23 heavy (non-hydrogen) atoms. The highest BCUT2D eigenvalue weighted by atomic mass is 16.5. The smallest absolute Gasteiger partial charge is 0.302 e. The summed E-state index contributed by atoms with van der Waals surface area (Å²) in [7, 11) is 1.54. The molecule has 5 nitrogen and oxygen atoms in total. The van der Waals surface area contributed by atoms with Crippen molar-refractivity contribution in [3.05, 3.63) is 46.9 Å². The minimum atomic E-state index is -0.206. The van der Waals surface area contributed by atoms with Crippen LogP contribution in [0.2, 0.25) is 0 Å². The molecule has 0 saturated carbocycles. The fourth-order valence-electron chi connectivity index (χ4n) is 3.12. The van der Waals surface area contributed by atoms with Crippen molar-refractivity contribution in [1.82, 2.24) is 9.38 Å². The SMILES string of the molecule is CCCOc1c(OC)c2nccc3c4ccccc4n(c1=O)c23. The zero-order valence-corrected chi connectivity index (χ0v) is 13.0. The molecule has 4 rings (SSSR count). The van der Waals surface area contributed by atoms with Crippen LogP contribution in [0.15, 0.2) is 41.3 Å². The van der Waals surface area contributed by atoms with Crippen molar-refractivity contribution in [2.45, 2.75) is 13.3 Å². The number of methoxy groups -OCH3 is 1. The van der Waals surface area contributed by atoms with Crippen LogP contribution in [0.3, 0.4) is 0 Å². The zero-order valence-electron chi connectivity index (χ0n) is 13.0. The molecule has 0 aliphatic heterocycles. The van der Waals surface area contributed by atoms with Crippen LogP contribution in [-0.2, 0) is 0 Å². The second-order valence-corrected chi connectivity index (χ2v) is 5.42. The number of fused-ring (bicyclic) bond motifs is 3. The molecule has 0 aliphatic rings. The summed E-state index contributed by atoms with van der Waals surface area (Å²) in [5.41, 5.74) is 2.07. The number of benzene rings is 1. The highest BCUT2D eigenvalue weighted by Crippen LogP contribution is 2.37. The number of ether oxygens (including phenoxy) is 2. The lowest BCUT2D eigenvalue weighted by Crippen LogP contribution is -2.18. The minimum Gasteiger partial charge on any atom is -0.491 e. The Morgan fingerprint density at radius 3 is 2.74 bits per heavy atom. The van der Waals surface area contributed by atoms with Crippen molar-refractivity contribution in [1.29, 1.82) is 0 Å². The van der Waals surface area contributed by atoms with Crippen molar-refractivity contribution in [3.8, 4) is 11.5 Å². The molecule has 5 heteroatoms. The number of pyridine rings is 2. The van der Waals surface area contributed by atoms with E-state index in [1.807, 2.05) is 37.3 Å². The fourth-order valence-corrected chi connectivity index (χ4v) is 3.12. The molecule has 0 fully saturated rings. The van der Waals surface area contributed by atoms with E-state index >= 15 is 0 Å². The van der Waals surface area contributed by atoms with Crippen molar-refractivity contribution < 1.29 is 9.47 Å². The standard InChI is InChI=1S/C18H16N2O3/c1-3-10-23-17-16(22-2)14-15-12(8-9-19-14)11-6-4-5-7-13(11)20(15)18(17)21/h4-9H,3,10H2,1-2H3. The average molecular weight is 308 g/mol. The third-order valence-electron chi connectivity index (χ3n) is 4.06. The van der Waals surface area contributed by atoms with Crippen LogP contribution in [0.25, 0.3) is 27.3 Å². The quantitative estimate of drug-likeness (QED) is 0.581. The third kappa shape index (κ3) is 1.79. The molecule has 0 N–H and O–H groups in total. The first-order valence-corrected chi connectivity index (χ1v) is 7.62. The number of rotatable bonds is 4. The fraction of sp³-hybridized carbons (Fsp3) is 0.222. The van der Waals surface area contributed by atoms with Gasteiger partial charge in [-0.3, -0.25) is 14.2 Å². The zero-order chi connectivity index (χ0) is 16.0. The predicted molar refractivity (Wildman–Crippen MR) is 90.0 cm³/mol. The van der Waals surface area contributed by atoms with Crippen LogP contribution in [-0.4, -0.2) is 23.1 Å². The summed E-state index contributed by atoms with van der Waals surface area (Å²) in [6.07, 6.45) is 2.55. The second kappa shape index (κ2) is 5.12. The maximum Gasteiger partial charge on any atom is 0.302 e. The van der Waals surface area contributed by atoms with Gasteiger partial charge in [-0.15, -0.1) is 0 Å². The molecular weight excluding hydrogens is 292 g/mol. The summed E-state index contributed by atoms with van der Waals surface area (Å²) in [6, 6.07) is 9.76. The summed E-state index contributed by atoms with van der Waals surface area (Å²) < 4.78 is 12.9. The molecule has 0 amide bonds. The minimum absolute atomic E-state index is 0.206. The van der Waals surface area contributed by atoms with Gasteiger partial charge in [0, 0.05) is 17.0 Å². The Labute approximate surface area is 132 Å². The van der Waals surface area contributed by atoms with E-state index in [0.717, 1.165) is 28.2 Å². The lowest BCUT2D eigenvalue weighted by Gasteiger charge is -2.12. The number of para-hydroxylation sites is 1. The number of nitrogens with zero attached hydrogens (tertiary/aromatic N) is 2. The van der Waals surface area contributed by atoms with E-state index < -0.39 is 0 Å². The molecule has 116 valence electrons. The molecular formula is C18H16N2O3. The van der Waals surface area contributed by atoms with Gasteiger partial charge in [-0.25, -0.2) is 0 Å². The largest absolute Gasteiger partial charge is 0.491 e. The molecule has 0 aliphatic carbocycles. The topological polar surface area (TPSA) is 52.8 Å². The van der Waals surface area contributed by atoms with Gasteiger partial charge in [-0.05, 0) is 18.6 Å². The molecule has 0 spiro atoms. The molecule has 0 unspecified atom stereocenters. The van der Waals surface area contributed by atoms with Crippen LogP contribution >= 0.6 is 0 Å². The van der Waals surface area contributed by atoms with E-state index in [1.54, 1.807) is 10.6 Å². The average Bonchev–Trinajstić information content (AvgIpc) is 2.93. The summed E-state index contributed by atoms with van der Waals surface area (Å²) in [5.74, 6) is 0.632. The Morgan fingerprint density at radius 1 is 1.13 bits per heavy atom. The maximum atomic E-state index is 13.0. The van der Waals surface area contributed by atoms with E-state index in [2.05, 4.69) is 4.98 Å². The Kier molecular flexibility index (Phi) is 3.08. The highest BCUT2D eigenvalue weighted by molar-refractivity contribution is 6.14. The van der Waals surface area contributed by atoms with Crippen molar-refractivity contribution in [2.75, 3.05) is 13.7 Å². The molecule has 0 bridgehead atoms. The number of hydrogen-bond donors (Lipinski definition) is 0. The first kappa shape index (κ1) is 13.8. The van der Waals surface area contributed by atoms with E-state index in [1.165, 1.54) is 7.11 Å². The lowest BCUT2D eigenvalue weighted by atomic mass is 10.2. The van der Waals surface area contributed by atoms with Crippen LogP contribution < -0.4 is 15.0 Å². The second-order valence-electron chi connectivity index (χ2n) is 5.42. The molecule has 4 aromatic rings. The normalized spacial score (nSPS) is 11.6. The summed E-state index contributed by atoms with van der Waals surface area (Å²) in [4.78, 5) is 17.5. The first-order chi connectivity index (χ1) is 11.3. The summed E-state index contributed by atoms with van der Waals surface area (Å²) >= 11 is 0. The van der Waals surface area contributed by atoms with Crippen molar-refractivity contribution >= 4 is 27.3 Å². The predicted octanol–water partition coefficient (Wildman–Crippen LogP) is 3.24. The van der Waals surface area contributed by atoms with Crippen LogP contribution in [0.5, 0.6) is 11.5 Å². The molecule has 0 radical (unpaired) electrons. The van der Waals surface area contributed by atoms with Gasteiger partial charge in [-0.2, -0.15) is 0 Å². The Bertz CT molecular complexity index is 1070. The highest BCUT2D eigenvalue weighted by Gasteiger charge is 2.23. The van der Waals surface area contributed by atoms with Gasteiger partial charge in [0.15, 0.2) is 5.75 Å². The molecule has 1 aromatic carbocycles. The van der Waals surface area contributed by atoms with E-state index in [-0.39, 0.29) is 11.3 Å². The summed E-state index contributed by atoms with van der Waals surface area (Å²) in [6.45, 7) is 2.45. The monoisotopic (exact) mass is 308 g/mol. The van der Waals surface area contributed by atoms with Gasteiger partial charge in [-0.1, -0.05) is 25.1 Å². The Morgan fingerprint density at radius 2 is 1.96 bits per heavy atom. The van der Waals surface area contributed by atoms with E-state index in [4.69, 9.17) is 9.47 Å². The molecule has 3 heterocycles. The van der Waals surface area contributed by atoms with Crippen LogP contribution in [0.4, 0.5) is 0 Å². The van der Waals surface area contributed by atoms with Gasteiger partial charge < -0.3 is 9.47 Å². The first-order valence-electron chi connectivity index (χ1n) is 7.62. The summed E-state index contributed by atoms with van der Waals surface area (Å²) in [5, 5.41) is 2.01. The maximum absolute atomic E-state index is 13.0. The Hall–Kier alpha value is -2.82. The number of hydrogen-bond acceptors (Lipinski definition) is 4. The lowest BCUT2D eigenvalue weighted by molar-refractivity contribution is 0.291. The third-order valence-corrected chi connectivity index (χ3v) is 4.06. The van der Waals surface area contributed by atoms with Crippen molar-refractivity contribution in [3.63, 3.8) is 0 Å². The van der Waals surface area contributed by atoms with Crippen LogP contribution in [0, 0.1) is 0 Å². The molecule has 0 saturated heterocycles. The van der Waals surface area contributed by atoms with Crippen LogP contribution in [0.1, 0.15) is 13.3 Å². The van der Waals surface area contributed by atoms with E-state index in [9.17, 15) is 4.79 Å². The van der Waals surface area contributed by atoms with Gasteiger partial charge in [0.05, 0.1) is 24.8 Å². The molecule has 3 aromatic heterocycles. The van der Waals surface area contributed by atoms with Crippen molar-refractivity contribution in [2.24, 2.45) is 0 Å². The van der Waals surface area contributed by atoms with Gasteiger partial charge in [0.2, 0.25) is 5.75 Å². The van der Waals surface area contributed by atoms with E-state index in [0.29, 0.717) is 17.9 Å². The molecule has 0 atom stereocenters. The van der Waals surface area contributed by atoms with Gasteiger partial charge in [0.25, 0.3) is 0 Å². The number of aromatic nitrogens is 2. The van der Waals surface area contributed by atoms with Gasteiger partial charge >= 0.3 is 5.56 Å². The Balaban J connectivity index is 2.27.